The summed E-state index contributed by atoms with van der Waals surface area (Å²) in [6, 6.07) is 12.9. The molecule has 1 heterocycles. The lowest BCUT2D eigenvalue weighted by molar-refractivity contribution is -0.130. The van der Waals surface area contributed by atoms with Crippen LogP contribution in [0, 0.1) is 0 Å². The minimum Gasteiger partial charge on any atom is -0.497 e. The molecule has 9 nitrogen and oxygen atoms in total. The number of carbonyl (C=O) groups is 1. The molecule has 0 aliphatic carbocycles. The molecular weight excluding hydrogens is 444 g/mol. The maximum absolute atomic E-state index is 12.7. The van der Waals surface area contributed by atoms with Crippen molar-refractivity contribution in [1.82, 2.24) is 19.3 Å². The second kappa shape index (κ2) is 9.46. The first-order valence-corrected chi connectivity index (χ1v) is 11.0. The third-order valence-corrected chi connectivity index (χ3v) is 6.53. The number of likely N-dealkylation sites (N-methyl/N-ethyl adjacent to an activating group) is 2. The first kappa shape index (κ1) is 22.7. The van der Waals surface area contributed by atoms with Crippen LogP contribution in [0.2, 0.25) is 5.02 Å². The van der Waals surface area contributed by atoms with Gasteiger partial charge >= 0.3 is 0 Å². The number of benzene rings is 2. The molecule has 0 bridgehead atoms. The van der Waals surface area contributed by atoms with Crippen LogP contribution in [0.15, 0.2) is 57.9 Å². The lowest BCUT2D eigenvalue weighted by Gasteiger charge is -2.20. The zero-order valence-corrected chi connectivity index (χ0v) is 18.7. The third-order valence-electron chi connectivity index (χ3n) is 4.47. The molecule has 0 aliphatic heterocycles. The number of ether oxygens (including phenoxy) is 1. The number of sulfonamides is 1. The molecule has 0 aliphatic rings. The molecule has 0 radical (unpaired) electrons. The zero-order valence-electron chi connectivity index (χ0n) is 17.1. The number of methoxy groups -OCH3 is 1. The molecule has 0 N–H and O–H groups in total. The van der Waals surface area contributed by atoms with E-state index in [0.717, 1.165) is 4.31 Å². The Labute approximate surface area is 185 Å². The van der Waals surface area contributed by atoms with Gasteiger partial charge in [-0.25, -0.2) is 8.42 Å². The van der Waals surface area contributed by atoms with Crippen LogP contribution in [-0.2, 0) is 21.4 Å². The summed E-state index contributed by atoms with van der Waals surface area (Å²) >= 11 is 5.97. The van der Waals surface area contributed by atoms with Crippen LogP contribution in [0.5, 0.6) is 5.75 Å². The summed E-state index contributed by atoms with van der Waals surface area (Å²) in [4.78, 5) is 18.2. The van der Waals surface area contributed by atoms with Gasteiger partial charge in [0.1, 0.15) is 5.75 Å². The van der Waals surface area contributed by atoms with Gasteiger partial charge in [-0.15, -0.1) is 0 Å². The highest BCUT2D eigenvalue weighted by Gasteiger charge is 2.25. The molecule has 1 amide bonds. The number of hydrogen-bond donors (Lipinski definition) is 0. The second-order valence-corrected chi connectivity index (χ2v) is 9.19. The molecule has 3 rings (SSSR count). The van der Waals surface area contributed by atoms with Gasteiger partial charge < -0.3 is 14.2 Å². The fourth-order valence-electron chi connectivity index (χ4n) is 2.68. The molecule has 0 saturated heterocycles. The molecule has 0 saturated carbocycles. The highest BCUT2D eigenvalue weighted by Crippen LogP contribution is 2.21. The van der Waals surface area contributed by atoms with Gasteiger partial charge in [0.25, 0.3) is 0 Å². The van der Waals surface area contributed by atoms with Gasteiger partial charge in [-0.3, -0.25) is 4.79 Å². The number of aromatic nitrogens is 2. The van der Waals surface area contributed by atoms with Crippen molar-refractivity contribution in [3.63, 3.8) is 0 Å². The number of amides is 1. The summed E-state index contributed by atoms with van der Waals surface area (Å²) < 4.78 is 36.6. The van der Waals surface area contributed by atoms with Gasteiger partial charge in [0.2, 0.25) is 27.6 Å². The van der Waals surface area contributed by atoms with Crippen LogP contribution in [0.1, 0.15) is 5.89 Å². The van der Waals surface area contributed by atoms with Crippen molar-refractivity contribution in [3.8, 4) is 17.1 Å². The van der Waals surface area contributed by atoms with Crippen LogP contribution in [0.4, 0.5) is 0 Å². The highest BCUT2D eigenvalue weighted by atomic mass is 35.5. The minimum atomic E-state index is -3.84. The average molecular weight is 465 g/mol. The molecule has 0 spiro atoms. The Bertz CT molecular complexity index is 1160. The van der Waals surface area contributed by atoms with E-state index in [1.54, 1.807) is 36.4 Å². The fraction of sp³-hybridized carbons (Fsp3) is 0.250. The lowest BCUT2D eigenvalue weighted by atomic mass is 10.2. The zero-order chi connectivity index (χ0) is 22.6. The normalized spacial score (nSPS) is 11.5. The van der Waals surface area contributed by atoms with E-state index in [1.165, 1.54) is 38.2 Å². The van der Waals surface area contributed by atoms with Crippen LogP contribution < -0.4 is 4.74 Å². The van der Waals surface area contributed by atoms with Gasteiger partial charge in [-0.2, -0.15) is 9.29 Å². The third kappa shape index (κ3) is 5.40. The SMILES string of the molecule is COc1ccc(S(=O)(=O)N(C)CC(=O)N(C)Cc2nc(-c3cccc(Cl)c3)no2)cc1. The molecule has 1 aromatic heterocycles. The lowest BCUT2D eigenvalue weighted by Crippen LogP contribution is -2.39. The summed E-state index contributed by atoms with van der Waals surface area (Å²) in [5.74, 6) is 0.667. The topological polar surface area (TPSA) is 106 Å². The van der Waals surface area contributed by atoms with Gasteiger partial charge in [-0.05, 0) is 36.4 Å². The van der Waals surface area contributed by atoms with E-state index in [1.807, 2.05) is 0 Å². The molecule has 11 heteroatoms. The summed E-state index contributed by atoms with van der Waals surface area (Å²) in [5.41, 5.74) is 0.682. The summed E-state index contributed by atoms with van der Waals surface area (Å²) in [5, 5.41) is 4.43. The predicted molar refractivity (Wildman–Crippen MR) is 114 cm³/mol. The largest absolute Gasteiger partial charge is 0.497 e. The Morgan fingerprint density at radius 1 is 1.16 bits per heavy atom. The molecule has 164 valence electrons. The molecule has 0 unspecified atom stereocenters. The Morgan fingerprint density at radius 3 is 2.52 bits per heavy atom. The minimum absolute atomic E-state index is 0.0306. The molecule has 0 fully saturated rings. The van der Waals surface area contributed by atoms with Crippen molar-refractivity contribution in [3.05, 3.63) is 59.4 Å². The van der Waals surface area contributed by atoms with Crippen molar-refractivity contribution < 1.29 is 22.5 Å². The predicted octanol–water partition coefficient (Wildman–Crippen LogP) is 2.68. The first-order valence-electron chi connectivity index (χ1n) is 9.13. The molecular formula is C20H21ClN4O5S. The van der Waals surface area contributed by atoms with E-state index in [9.17, 15) is 13.2 Å². The van der Waals surface area contributed by atoms with Crippen LogP contribution in [0.3, 0.4) is 0 Å². The Balaban J connectivity index is 1.63. The van der Waals surface area contributed by atoms with Crippen molar-refractivity contribution in [2.24, 2.45) is 0 Å². The smallest absolute Gasteiger partial charge is 0.246 e. The molecule has 0 atom stereocenters. The van der Waals surface area contributed by atoms with Crippen LogP contribution >= 0.6 is 11.6 Å². The summed E-state index contributed by atoms with van der Waals surface area (Å²) in [6.07, 6.45) is 0. The van der Waals surface area contributed by atoms with E-state index in [0.29, 0.717) is 22.2 Å². The van der Waals surface area contributed by atoms with E-state index >= 15 is 0 Å². The van der Waals surface area contributed by atoms with Gasteiger partial charge in [-0.1, -0.05) is 28.9 Å². The Morgan fingerprint density at radius 2 is 1.87 bits per heavy atom. The van der Waals surface area contributed by atoms with E-state index in [2.05, 4.69) is 10.1 Å². The van der Waals surface area contributed by atoms with Gasteiger partial charge in [0.15, 0.2) is 0 Å². The van der Waals surface area contributed by atoms with Crippen LogP contribution in [-0.4, -0.2) is 61.4 Å². The van der Waals surface area contributed by atoms with E-state index in [-0.39, 0.29) is 23.9 Å². The van der Waals surface area contributed by atoms with E-state index in [4.69, 9.17) is 20.9 Å². The number of hydrogen-bond acceptors (Lipinski definition) is 7. The molecule has 3 aromatic rings. The van der Waals surface area contributed by atoms with Gasteiger partial charge in [0, 0.05) is 24.7 Å². The standard InChI is InChI=1S/C20H21ClN4O5S/c1-24(12-18-22-20(23-30-18)14-5-4-6-15(21)11-14)19(26)13-25(2)31(27,28)17-9-7-16(29-3)8-10-17/h4-11H,12-13H2,1-3H3. The molecule has 2 aromatic carbocycles. The first-order chi connectivity index (χ1) is 14.7. The van der Waals surface area contributed by atoms with E-state index < -0.39 is 15.9 Å². The quantitative estimate of drug-likeness (QED) is 0.504. The van der Waals surface area contributed by atoms with Crippen molar-refractivity contribution >= 4 is 27.5 Å². The highest BCUT2D eigenvalue weighted by molar-refractivity contribution is 7.89. The number of nitrogens with zero attached hydrogens (tertiary/aromatic N) is 4. The summed E-state index contributed by atoms with van der Waals surface area (Å²) in [7, 11) is 0.526. The second-order valence-electron chi connectivity index (χ2n) is 6.71. The van der Waals surface area contributed by atoms with Crippen molar-refractivity contribution in [1.29, 1.82) is 0 Å². The Kier molecular flexibility index (Phi) is 6.94. The average Bonchev–Trinajstić information content (AvgIpc) is 3.22. The number of rotatable bonds is 8. The fourth-order valence-corrected chi connectivity index (χ4v) is 3.99. The Hall–Kier alpha value is -2.95. The monoisotopic (exact) mass is 464 g/mol. The van der Waals surface area contributed by atoms with Crippen molar-refractivity contribution in [2.75, 3.05) is 27.7 Å². The number of halogens is 1. The van der Waals surface area contributed by atoms with Gasteiger partial charge in [0.05, 0.1) is 25.1 Å². The van der Waals surface area contributed by atoms with Crippen molar-refractivity contribution in [2.45, 2.75) is 11.4 Å². The number of carbonyl (C=O) groups excluding carboxylic acids is 1. The maximum atomic E-state index is 12.7. The van der Waals surface area contributed by atoms with Crippen LogP contribution in [0.25, 0.3) is 11.4 Å². The summed E-state index contributed by atoms with van der Waals surface area (Å²) in [6.45, 7) is -0.316. The maximum Gasteiger partial charge on any atom is 0.246 e. The molecule has 31 heavy (non-hydrogen) atoms.